The van der Waals surface area contributed by atoms with E-state index in [0.29, 0.717) is 0 Å². The van der Waals surface area contributed by atoms with Crippen molar-refractivity contribution in [1.29, 1.82) is 0 Å². The zero-order valence-electron chi connectivity index (χ0n) is 8.20. The molecule has 1 N–H and O–H groups in total. The number of aryl methyl sites for hydroxylation is 1. The monoisotopic (exact) mass is 187 g/mol. The Bertz CT molecular complexity index is 451. The van der Waals surface area contributed by atoms with E-state index in [1.165, 1.54) is 6.20 Å². The van der Waals surface area contributed by atoms with Gasteiger partial charge in [0.25, 0.3) is 0 Å². The lowest BCUT2D eigenvalue weighted by atomic mass is 10.1. The zero-order chi connectivity index (χ0) is 9.97. The van der Waals surface area contributed by atoms with Gasteiger partial charge >= 0.3 is 0 Å². The summed E-state index contributed by atoms with van der Waals surface area (Å²) in [5.41, 5.74) is 1.07. The lowest BCUT2D eigenvalue weighted by molar-refractivity contribution is 0.479. The molecule has 1 aromatic carbocycles. The molecule has 0 aliphatic carbocycles. The van der Waals surface area contributed by atoms with Gasteiger partial charge in [-0.25, -0.2) is 0 Å². The molecule has 2 heteroatoms. The molecule has 0 bridgehead atoms. The minimum atomic E-state index is 0.264. The van der Waals surface area contributed by atoms with Gasteiger partial charge in [0.05, 0.1) is 6.20 Å². The molecule has 0 unspecified atom stereocenters. The fourth-order valence-electron chi connectivity index (χ4n) is 1.67. The predicted molar refractivity (Wildman–Crippen MR) is 57.4 cm³/mol. The summed E-state index contributed by atoms with van der Waals surface area (Å²) in [7, 11) is 0. The predicted octanol–water partition coefficient (Wildman–Crippen LogP) is 2.89. The van der Waals surface area contributed by atoms with Gasteiger partial charge in [0.2, 0.25) is 0 Å². The molecule has 0 aliphatic heterocycles. The molecule has 0 atom stereocenters. The van der Waals surface area contributed by atoms with Gasteiger partial charge in [0, 0.05) is 16.5 Å². The number of pyridine rings is 1. The van der Waals surface area contributed by atoms with Gasteiger partial charge in [-0.05, 0) is 6.42 Å². The van der Waals surface area contributed by atoms with Crippen LogP contribution in [0.1, 0.15) is 19.0 Å². The van der Waals surface area contributed by atoms with Crippen LogP contribution < -0.4 is 0 Å². The third-order valence-corrected chi connectivity index (χ3v) is 2.34. The van der Waals surface area contributed by atoms with Gasteiger partial charge in [0.15, 0.2) is 0 Å². The zero-order valence-corrected chi connectivity index (χ0v) is 8.20. The highest BCUT2D eigenvalue weighted by Crippen LogP contribution is 2.25. The van der Waals surface area contributed by atoms with Crippen molar-refractivity contribution in [2.24, 2.45) is 0 Å². The second-order valence-corrected chi connectivity index (χ2v) is 3.39. The maximum atomic E-state index is 9.60. The molecule has 0 saturated heterocycles. The quantitative estimate of drug-likeness (QED) is 0.784. The van der Waals surface area contributed by atoms with Crippen LogP contribution in [0.15, 0.2) is 30.5 Å². The molecule has 0 amide bonds. The summed E-state index contributed by atoms with van der Waals surface area (Å²) in [5.74, 6) is 0.264. The van der Waals surface area contributed by atoms with Crippen molar-refractivity contribution >= 4 is 10.8 Å². The van der Waals surface area contributed by atoms with E-state index in [1.807, 2.05) is 24.3 Å². The summed E-state index contributed by atoms with van der Waals surface area (Å²) in [6, 6.07) is 7.83. The van der Waals surface area contributed by atoms with E-state index in [9.17, 15) is 5.11 Å². The fourth-order valence-corrected chi connectivity index (χ4v) is 1.67. The number of hydrogen-bond acceptors (Lipinski definition) is 2. The average molecular weight is 187 g/mol. The van der Waals surface area contributed by atoms with Crippen molar-refractivity contribution in [3.05, 3.63) is 36.2 Å². The summed E-state index contributed by atoms with van der Waals surface area (Å²) in [5, 5.41) is 11.6. The van der Waals surface area contributed by atoms with Crippen LogP contribution in [-0.2, 0) is 6.42 Å². The summed E-state index contributed by atoms with van der Waals surface area (Å²) in [6.07, 6.45) is 3.57. The molecule has 0 fully saturated rings. The van der Waals surface area contributed by atoms with E-state index < -0.39 is 0 Å². The number of benzene rings is 1. The smallest absolute Gasteiger partial charge is 0.141 e. The number of hydrogen-bond donors (Lipinski definition) is 1. The Hall–Kier alpha value is -1.57. The molecule has 0 radical (unpaired) electrons. The van der Waals surface area contributed by atoms with Gasteiger partial charge in [0.1, 0.15) is 5.75 Å². The third-order valence-electron chi connectivity index (χ3n) is 2.34. The van der Waals surface area contributed by atoms with Crippen molar-refractivity contribution in [1.82, 2.24) is 4.98 Å². The Balaban J connectivity index is 2.68. The van der Waals surface area contributed by atoms with Crippen molar-refractivity contribution in [3.63, 3.8) is 0 Å². The van der Waals surface area contributed by atoms with Gasteiger partial charge in [-0.15, -0.1) is 0 Å². The lowest BCUT2D eigenvalue weighted by Crippen LogP contribution is -1.90. The first-order chi connectivity index (χ1) is 6.83. The SMILES string of the molecule is CCCc1ncc(O)c2ccccc12. The van der Waals surface area contributed by atoms with Gasteiger partial charge in [-0.3, -0.25) is 4.98 Å². The largest absolute Gasteiger partial charge is 0.506 e. The van der Waals surface area contributed by atoms with Gasteiger partial charge in [-0.2, -0.15) is 0 Å². The summed E-state index contributed by atoms with van der Waals surface area (Å²) < 4.78 is 0. The average Bonchev–Trinajstić information content (AvgIpc) is 2.23. The number of rotatable bonds is 2. The Morgan fingerprint density at radius 3 is 2.64 bits per heavy atom. The van der Waals surface area contributed by atoms with Gasteiger partial charge in [-0.1, -0.05) is 37.6 Å². The lowest BCUT2D eigenvalue weighted by Gasteiger charge is -2.05. The maximum Gasteiger partial charge on any atom is 0.141 e. The van der Waals surface area contributed by atoms with Gasteiger partial charge < -0.3 is 5.11 Å². The second kappa shape index (κ2) is 3.66. The van der Waals surface area contributed by atoms with E-state index >= 15 is 0 Å². The number of fused-ring (bicyclic) bond motifs is 1. The molecule has 0 saturated carbocycles. The minimum Gasteiger partial charge on any atom is -0.506 e. The summed E-state index contributed by atoms with van der Waals surface area (Å²) >= 11 is 0. The van der Waals surface area contributed by atoms with Crippen molar-refractivity contribution in [3.8, 4) is 5.75 Å². The van der Waals surface area contributed by atoms with Crippen molar-refractivity contribution in [2.45, 2.75) is 19.8 Å². The maximum absolute atomic E-state index is 9.60. The van der Waals surface area contributed by atoms with Crippen LogP contribution in [0.3, 0.4) is 0 Å². The van der Waals surface area contributed by atoms with E-state index in [-0.39, 0.29) is 5.75 Å². The van der Waals surface area contributed by atoms with Crippen LogP contribution in [0.4, 0.5) is 0 Å². The molecular weight excluding hydrogens is 174 g/mol. The van der Waals surface area contributed by atoms with Crippen molar-refractivity contribution in [2.75, 3.05) is 0 Å². The highest BCUT2D eigenvalue weighted by atomic mass is 16.3. The molecule has 0 spiro atoms. The number of aromatic hydroxyl groups is 1. The van der Waals surface area contributed by atoms with Crippen LogP contribution >= 0.6 is 0 Å². The first-order valence-electron chi connectivity index (χ1n) is 4.88. The first kappa shape index (κ1) is 9.00. The van der Waals surface area contributed by atoms with Crippen LogP contribution in [0, 0.1) is 0 Å². The Morgan fingerprint density at radius 2 is 1.93 bits per heavy atom. The highest BCUT2D eigenvalue weighted by molar-refractivity contribution is 5.89. The molecular formula is C12H13NO. The van der Waals surface area contributed by atoms with Crippen molar-refractivity contribution < 1.29 is 5.11 Å². The number of aromatic nitrogens is 1. The minimum absolute atomic E-state index is 0.264. The molecule has 1 aromatic heterocycles. The van der Waals surface area contributed by atoms with Crippen LogP contribution in [0.2, 0.25) is 0 Å². The Morgan fingerprint density at radius 1 is 1.21 bits per heavy atom. The molecule has 14 heavy (non-hydrogen) atoms. The van der Waals surface area contributed by atoms with Crippen LogP contribution in [-0.4, -0.2) is 10.1 Å². The normalized spacial score (nSPS) is 10.6. The fraction of sp³-hybridized carbons (Fsp3) is 0.250. The van der Waals surface area contributed by atoms with E-state index in [1.54, 1.807) is 0 Å². The van der Waals surface area contributed by atoms with E-state index in [4.69, 9.17) is 0 Å². The third kappa shape index (κ3) is 1.43. The molecule has 72 valence electrons. The molecule has 2 aromatic rings. The first-order valence-corrected chi connectivity index (χ1v) is 4.88. The molecule has 1 heterocycles. The summed E-state index contributed by atoms with van der Waals surface area (Å²) in [6.45, 7) is 2.13. The summed E-state index contributed by atoms with van der Waals surface area (Å²) in [4.78, 5) is 4.25. The molecule has 2 rings (SSSR count). The Kier molecular flexibility index (Phi) is 2.35. The standard InChI is InChI=1S/C12H13NO/c1-2-5-11-9-6-3-4-7-10(9)12(14)8-13-11/h3-4,6-8,14H,2,5H2,1H3. The van der Waals surface area contributed by atoms with Crippen LogP contribution in [0.5, 0.6) is 5.75 Å². The number of nitrogens with zero attached hydrogens (tertiary/aromatic N) is 1. The second-order valence-electron chi connectivity index (χ2n) is 3.39. The van der Waals surface area contributed by atoms with E-state index in [2.05, 4.69) is 11.9 Å². The topological polar surface area (TPSA) is 33.1 Å². The Labute approximate surface area is 83.2 Å². The molecule has 0 aliphatic rings. The van der Waals surface area contributed by atoms with Crippen LogP contribution in [0.25, 0.3) is 10.8 Å². The highest BCUT2D eigenvalue weighted by Gasteiger charge is 2.04. The molecule has 2 nitrogen and oxygen atoms in total. The van der Waals surface area contributed by atoms with E-state index in [0.717, 1.165) is 29.3 Å².